The van der Waals surface area contributed by atoms with E-state index in [1.807, 2.05) is 35.2 Å². The van der Waals surface area contributed by atoms with Gasteiger partial charge in [-0.3, -0.25) is 4.79 Å². The van der Waals surface area contributed by atoms with E-state index in [2.05, 4.69) is 6.92 Å². The zero-order valence-corrected chi connectivity index (χ0v) is 21.8. The minimum absolute atomic E-state index is 0. The summed E-state index contributed by atoms with van der Waals surface area (Å²) in [5.41, 5.74) is 0. The van der Waals surface area contributed by atoms with E-state index >= 15 is 0 Å². The first kappa shape index (κ1) is 30.1. The van der Waals surface area contributed by atoms with Crippen molar-refractivity contribution in [3.63, 3.8) is 0 Å². The number of carbonyl (C=O) groups excluding carboxylic acids is 1. The molecule has 0 aliphatic carbocycles. The van der Waals surface area contributed by atoms with Crippen molar-refractivity contribution in [3.05, 3.63) is 30.6 Å². The third-order valence-electron chi connectivity index (χ3n) is 5.87. The van der Waals surface area contributed by atoms with E-state index in [0.717, 1.165) is 19.4 Å². The predicted octanol–water partition coefficient (Wildman–Crippen LogP) is 4.56. The number of ether oxygens (including phenoxy) is 1. The molecule has 0 aliphatic heterocycles. The third kappa shape index (κ3) is 20.7. The molecule has 1 heterocycles. The van der Waals surface area contributed by atoms with E-state index in [1.54, 1.807) is 0 Å². The maximum absolute atomic E-state index is 11.8. The lowest BCUT2D eigenvalue weighted by molar-refractivity contribution is -0.697. The number of unbranched alkanes of at least 4 members (excludes halogenated alkanes) is 16. The van der Waals surface area contributed by atoms with Gasteiger partial charge in [0.1, 0.15) is 0 Å². The molecule has 3 nitrogen and oxygen atoms in total. The molecule has 0 saturated heterocycles. The Morgan fingerprint density at radius 1 is 0.645 bits per heavy atom. The fourth-order valence-corrected chi connectivity index (χ4v) is 3.91. The molecule has 0 atom stereocenters. The van der Waals surface area contributed by atoms with E-state index in [1.165, 1.54) is 96.3 Å². The molecule has 0 spiro atoms. The van der Waals surface area contributed by atoms with Gasteiger partial charge < -0.3 is 21.7 Å². The van der Waals surface area contributed by atoms with Crippen molar-refractivity contribution in [1.82, 2.24) is 0 Å². The molecule has 0 saturated carbocycles. The van der Waals surface area contributed by atoms with Crippen LogP contribution >= 0.6 is 0 Å². The van der Waals surface area contributed by atoms with Gasteiger partial charge in [0.2, 0.25) is 0 Å². The SMILES string of the molecule is CCCCCCCCCCCCCCCCCCCC(=O)OCC[n+]1ccccc1.[Br-]. The summed E-state index contributed by atoms with van der Waals surface area (Å²) in [5.74, 6) is -0.0486. The Bertz CT molecular complexity index is 495. The van der Waals surface area contributed by atoms with Crippen LogP contribution in [0.1, 0.15) is 122 Å². The lowest BCUT2D eigenvalue weighted by Gasteiger charge is -2.04. The van der Waals surface area contributed by atoms with Gasteiger partial charge in [0.05, 0.1) is 0 Å². The highest BCUT2D eigenvalue weighted by atomic mass is 79.9. The Morgan fingerprint density at radius 2 is 1.06 bits per heavy atom. The van der Waals surface area contributed by atoms with Crippen LogP contribution in [-0.2, 0) is 16.1 Å². The van der Waals surface area contributed by atoms with Gasteiger partial charge >= 0.3 is 5.97 Å². The number of hydrogen-bond acceptors (Lipinski definition) is 2. The van der Waals surface area contributed by atoms with Gasteiger partial charge in [0.25, 0.3) is 0 Å². The Hall–Kier alpha value is -0.900. The molecule has 0 unspecified atom stereocenters. The highest BCUT2D eigenvalue weighted by Crippen LogP contribution is 2.14. The summed E-state index contributed by atoms with van der Waals surface area (Å²) in [6.07, 6.45) is 27.7. The molecule has 0 N–H and O–H groups in total. The van der Waals surface area contributed by atoms with Crippen molar-refractivity contribution in [1.29, 1.82) is 0 Å². The number of rotatable bonds is 21. The smallest absolute Gasteiger partial charge is 0.306 e. The quantitative estimate of drug-likeness (QED) is 0.141. The molecule has 4 heteroatoms. The number of esters is 1. The van der Waals surface area contributed by atoms with Crippen LogP contribution in [0.25, 0.3) is 0 Å². The number of hydrogen-bond donors (Lipinski definition) is 0. The molecule has 0 fully saturated rings. The molecule has 1 aromatic rings. The van der Waals surface area contributed by atoms with Crippen LogP contribution < -0.4 is 21.5 Å². The van der Waals surface area contributed by atoms with E-state index in [0.29, 0.717) is 13.0 Å². The van der Waals surface area contributed by atoms with Gasteiger partial charge in [0, 0.05) is 18.6 Å². The minimum atomic E-state index is -0.0486. The number of nitrogens with zero attached hydrogens (tertiary/aromatic N) is 1. The molecule has 0 aromatic carbocycles. The van der Waals surface area contributed by atoms with E-state index in [-0.39, 0.29) is 23.0 Å². The zero-order chi connectivity index (χ0) is 21.5. The molecule has 0 bridgehead atoms. The second-order valence-electron chi connectivity index (χ2n) is 8.74. The van der Waals surface area contributed by atoms with Crippen molar-refractivity contribution < 1.29 is 31.1 Å². The molecule has 180 valence electrons. The second-order valence-corrected chi connectivity index (χ2v) is 8.74. The van der Waals surface area contributed by atoms with Gasteiger partial charge in [-0.25, -0.2) is 4.57 Å². The highest BCUT2D eigenvalue weighted by Gasteiger charge is 2.05. The summed E-state index contributed by atoms with van der Waals surface area (Å²) in [7, 11) is 0. The molecule has 0 amide bonds. The minimum Gasteiger partial charge on any atom is -1.00 e. The van der Waals surface area contributed by atoms with Crippen molar-refractivity contribution in [2.75, 3.05) is 6.61 Å². The first-order valence-corrected chi connectivity index (χ1v) is 12.9. The van der Waals surface area contributed by atoms with Crippen molar-refractivity contribution in [2.24, 2.45) is 0 Å². The van der Waals surface area contributed by atoms with Gasteiger partial charge in [0.15, 0.2) is 25.5 Å². The molecule has 0 radical (unpaired) electrons. The third-order valence-corrected chi connectivity index (χ3v) is 5.87. The normalized spacial score (nSPS) is 10.6. The lowest BCUT2D eigenvalue weighted by atomic mass is 10.0. The van der Waals surface area contributed by atoms with Crippen LogP contribution in [0, 0.1) is 0 Å². The summed E-state index contributed by atoms with van der Waals surface area (Å²) >= 11 is 0. The molecule has 31 heavy (non-hydrogen) atoms. The van der Waals surface area contributed by atoms with Crippen molar-refractivity contribution in [2.45, 2.75) is 129 Å². The van der Waals surface area contributed by atoms with Crippen LogP contribution in [0.4, 0.5) is 0 Å². The summed E-state index contributed by atoms with van der Waals surface area (Å²) < 4.78 is 7.35. The predicted molar refractivity (Wildman–Crippen MR) is 126 cm³/mol. The first-order chi connectivity index (χ1) is 14.8. The first-order valence-electron chi connectivity index (χ1n) is 12.9. The second kappa shape index (κ2) is 23.8. The maximum Gasteiger partial charge on any atom is 0.306 e. The van der Waals surface area contributed by atoms with E-state index in [4.69, 9.17) is 4.74 Å². The topological polar surface area (TPSA) is 30.2 Å². The Kier molecular flexibility index (Phi) is 23.1. The summed E-state index contributed by atoms with van der Waals surface area (Å²) in [6.45, 7) is 3.48. The average Bonchev–Trinajstić information content (AvgIpc) is 2.76. The lowest BCUT2D eigenvalue weighted by Crippen LogP contribution is -3.00. The van der Waals surface area contributed by atoms with Crippen molar-refractivity contribution in [3.8, 4) is 0 Å². The number of pyridine rings is 1. The summed E-state index contributed by atoms with van der Waals surface area (Å²) in [4.78, 5) is 11.8. The van der Waals surface area contributed by atoms with Crippen LogP contribution in [0.3, 0.4) is 0 Å². The van der Waals surface area contributed by atoms with Crippen LogP contribution in [0.15, 0.2) is 30.6 Å². The van der Waals surface area contributed by atoms with Gasteiger partial charge in [-0.1, -0.05) is 116 Å². The molecular weight excluding hydrogens is 450 g/mol. The van der Waals surface area contributed by atoms with Crippen molar-refractivity contribution >= 4 is 5.97 Å². The van der Waals surface area contributed by atoms with Crippen LogP contribution in [-0.4, -0.2) is 12.6 Å². The molecule has 0 aliphatic rings. The fraction of sp³-hybridized carbons (Fsp3) is 0.778. The number of halogens is 1. The Morgan fingerprint density at radius 3 is 1.52 bits per heavy atom. The van der Waals surface area contributed by atoms with Crippen LogP contribution in [0.2, 0.25) is 0 Å². The maximum atomic E-state index is 11.8. The molecule has 1 rings (SSSR count). The fourth-order valence-electron chi connectivity index (χ4n) is 3.91. The average molecular weight is 499 g/mol. The highest BCUT2D eigenvalue weighted by molar-refractivity contribution is 5.69. The number of carbonyl (C=O) groups is 1. The van der Waals surface area contributed by atoms with Gasteiger partial charge in [-0.05, 0) is 6.42 Å². The monoisotopic (exact) mass is 497 g/mol. The van der Waals surface area contributed by atoms with Crippen LogP contribution in [0.5, 0.6) is 0 Å². The number of aromatic nitrogens is 1. The van der Waals surface area contributed by atoms with Gasteiger partial charge in [-0.15, -0.1) is 0 Å². The summed E-state index contributed by atoms with van der Waals surface area (Å²) in [6, 6.07) is 5.96. The zero-order valence-electron chi connectivity index (χ0n) is 20.2. The summed E-state index contributed by atoms with van der Waals surface area (Å²) in [5, 5.41) is 0. The standard InChI is InChI=1S/C27H48NO2.BrH/c1-2-3-4-5-6-7-8-9-10-11-12-13-14-15-16-17-19-22-27(29)30-26-25-28-23-20-18-21-24-28;/h18,20-21,23-24H,2-17,19,22,25-26H2,1H3;1H/q+1;/p-1. The van der Waals surface area contributed by atoms with Gasteiger partial charge in [-0.2, -0.15) is 0 Å². The van der Waals surface area contributed by atoms with E-state index < -0.39 is 0 Å². The Labute approximate surface area is 203 Å². The van der Waals surface area contributed by atoms with E-state index in [9.17, 15) is 4.79 Å². The molecule has 1 aromatic heterocycles. The Balaban J connectivity index is 0.00000900. The molecular formula is C27H48BrNO2. The largest absolute Gasteiger partial charge is 1.00 e.